The first-order valence-electron chi connectivity index (χ1n) is 8.56. The Bertz CT molecular complexity index is 913. The fourth-order valence-corrected chi connectivity index (χ4v) is 2.95. The highest BCUT2D eigenvalue weighted by molar-refractivity contribution is 5.94. The molecule has 1 N–H and O–H groups in total. The predicted octanol–water partition coefficient (Wildman–Crippen LogP) is 3.53. The van der Waals surface area contributed by atoms with Gasteiger partial charge in [0.15, 0.2) is 0 Å². The highest BCUT2D eigenvalue weighted by Gasteiger charge is 2.13. The topological polar surface area (TPSA) is 58.4 Å². The summed E-state index contributed by atoms with van der Waals surface area (Å²) in [6, 6.07) is 16.7. The van der Waals surface area contributed by atoms with Crippen LogP contribution < -0.4 is 0 Å². The van der Waals surface area contributed by atoms with Gasteiger partial charge in [-0.25, -0.2) is 0 Å². The Labute approximate surface area is 153 Å². The van der Waals surface area contributed by atoms with Crippen molar-refractivity contribution in [1.82, 2.24) is 14.7 Å². The molecule has 0 saturated heterocycles. The number of carbonyl (C=O) groups excluding carboxylic acids is 1. The highest BCUT2D eigenvalue weighted by atomic mass is 16.3. The molecule has 0 saturated carbocycles. The van der Waals surface area contributed by atoms with Crippen LogP contribution in [0.4, 0.5) is 0 Å². The highest BCUT2D eigenvalue weighted by Crippen LogP contribution is 2.18. The number of carbonyl (C=O) groups is 1. The molecule has 0 fully saturated rings. The molecular weight excluding hydrogens is 326 g/mol. The van der Waals surface area contributed by atoms with Crippen LogP contribution >= 0.6 is 0 Å². The number of benzene rings is 2. The third-order valence-electron chi connectivity index (χ3n) is 4.38. The molecular formula is C21H23N3O2. The number of hydrogen-bond acceptors (Lipinski definition) is 3. The summed E-state index contributed by atoms with van der Waals surface area (Å²) in [5, 5.41) is 14.3. The van der Waals surface area contributed by atoms with E-state index in [0.29, 0.717) is 18.7 Å². The number of aromatic hydroxyl groups is 1. The lowest BCUT2D eigenvalue weighted by Gasteiger charge is -2.18. The summed E-state index contributed by atoms with van der Waals surface area (Å²) in [5.74, 6) is 0.123. The number of para-hydroxylation sites is 1. The zero-order chi connectivity index (χ0) is 18.7. The molecule has 0 aliphatic heterocycles. The first-order chi connectivity index (χ1) is 12.4. The molecule has 0 radical (unpaired) electrons. The van der Waals surface area contributed by atoms with E-state index in [1.807, 2.05) is 61.0 Å². The molecule has 2 aromatic carbocycles. The molecule has 0 atom stereocenters. The molecule has 0 aliphatic rings. The Morgan fingerprint density at radius 3 is 2.42 bits per heavy atom. The van der Waals surface area contributed by atoms with E-state index in [1.165, 1.54) is 0 Å². The predicted molar refractivity (Wildman–Crippen MR) is 101 cm³/mol. The molecule has 0 unspecified atom stereocenters. The SMILES string of the molecule is Cc1cc(C)n(Cc2ccc(C(=O)N(C)Cc3ccccc3O)cc2)n1. The van der Waals surface area contributed by atoms with Gasteiger partial charge in [-0.3, -0.25) is 9.48 Å². The number of rotatable bonds is 5. The zero-order valence-corrected chi connectivity index (χ0v) is 15.3. The van der Waals surface area contributed by atoms with E-state index in [4.69, 9.17) is 0 Å². The number of phenolic OH excluding ortho intramolecular Hbond substituents is 1. The van der Waals surface area contributed by atoms with Crippen molar-refractivity contribution < 1.29 is 9.90 Å². The molecule has 0 spiro atoms. The minimum Gasteiger partial charge on any atom is -0.508 e. The van der Waals surface area contributed by atoms with Crippen LogP contribution in [-0.2, 0) is 13.1 Å². The van der Waals surface area contributed by atoms with E-state index in [0.717, 1.165) is 22.5 Å². The normalized spacial score (nSPS) is 10.7. The molecule has 5 nitrogen and oxygen atoms in total. The summed E-state index contributed by atoms with van der Waals surface area (Å²) in [5.41, 5.74) is 4.56. The summed E-state index contributed by atoms with van der Waals surface area (Å²) in [6.45, 7) is 5.05. The van der Waals surface area contributed by atoms with Gasteiger partial charge in [-0.05, 0) is 43.7 Å². The largest absolute Gasteiger partial charge is 0.508 e. The van der Waals surface area contributed by atoms with Gasteiger partial charge in [0.25, 0.3) is 5.91 Å². The maximum absolute atomic E-state index is 12.6. The van der Waals surface area contributed by atoms with Crippen LogP contribution in [0.15, 0.2) is 54.6 Å². The molecule has 26 heavy (non-hydrogen) atoms. The van der Waals surface area contributed by atoms with Gasteiger partial charge in [0.05, 0.1) is 12.2 Å². The molecule has 1 heterocycles. The van der Waals surface area contributed by atoms with Gasteiger partial charge < -0.3 is 10.0 Å². The smallest absolute Gasteiger partial charge is 0.253 e. The molecule has 3 aromatic rings. The van der Waals surface area contributed by atoms with Crippen molar-refractivity contribution in [3.05, 3.63) is 82.7 Å². The average Bonchev–Trinajstić information content (AvgIpc) is 2.94. The Balaban J connectivity index is 1.68. The second-order valence-electron chi connectivity index (χ2n) is 6.57. The first kappa shape index (κ1) is 17.7. The zero-order valence-electron chi connectivity index (χ0n) is 15.3. The summed E-state index contributed by atoms with van der Waals surface area (Å²) in [6.07, 6.45) is 0. The van der Waals surface area contributed by atoms with Crippen LogP contribution in [-0.4, -0.2) is 32.7 Å². The monoisotopic (exact) mass is 349 g/mol. The Morgan fingerprint density at radius 2 is 1.81 bits per heavy atom. The van der Waals surface area contributed by atoms with Crippen LogP contribution in [0.3, 0.4) is 0 Å². The van der Waals surface area contributed by atoms with E-state index in [9.17, 15) is 9.90 Å². The van der Waals surface area contributed by atoms with Gasteiger partial charge in [0.2, 0.25) is 0 Å². The van der Waals surface area contributed by atoms with E-state index in [1.54, 1.807) is 24.1 Å². The average molecular weight is 349 g/mol. The van der Waals surface area contributed by atoms with Gasteiger partial charge in [-0.15, -0.1) is 0 Å². The number of aryl methyl sites for hydroxylation is 2. The number of hydrogen-bond donors (Lipinski definition) is 1. The van der Waals surface area contributed by atoms with Gasteiger partial charge in [0, 0.05) is 30.4 Å². The molecule has 3 rings (SSSR count). The first-order valence-corrected chi connectivity index (χ1v) is 8.56. The molecule has 134 valence electrons. The lowest BCUT2D eigenvalue weighted by molar-refractivity contribution is 0.0784. The fraction of sp³-hybridized carbons (Fsp3) is 0.238. The summed E-state index contributed by atoms with van der Waals surface area (Å²) in [7, 11) is 1.73. The second kappa shape index (κ2) is 7.44. The van der Waals surface area contributed by atoms with Crippen LogP contribution in [0.2, 0.25) is 0 Å². The number of phenols is 1. The van der Waals surface area contributed by atoms with Gasteiger partial charge in [0.1, 0.15) is 5.75 Å². The minimum atomic E-state index is -0.0779. The van der Waals surface area contributed by atoms with Crippen molar-refractivity contribution in [3.8, 4) is 5.75 Å². The van der Waals surface area contributed by atoms with Crippen LogP contribution in [0, 0.1) is 13.8 Å². The van der Waals surface area contributed by atoms with E-state index < -0.39 is 0 Å². The van der Waals surface area contributed by atoms with E-state index in [2.05, 4.69) is 5.10 Å². The number of aromatic nitrogens is 2. The lowest BCUT2D eigenvalue weighted by atomic mass is 10.1. The minimum absolute atomic E-state index is 0.0779. The van der Waals surface area contributed by atoms with Gasteiger partial charge in [-0.2, -0.15) is 5.10 Å². The second-order valence-corrected chi connectivity index (χ2v) is 6.57. The van der Waals surface area contributed by atoms with Crippen LogP contribution in [0.25, 0.3) is 0 Å². The van der Waals surface area contributed by atoms with Crippen LogP contribution in [0.5, 0.6) is 5.75 Å². The Kier molecular flexibility index (Phi) is 5.07. The molecule has 1 aromatic heterocycles. The Hall–Kier alpha value is -3.08. The number of nitrogens with zero attached hydrogens (tertiary/aromatic N) is 3. The van der Waals surface area contributed by atoms with Crippen molar-refractivity contribution >= 4 is 5.91 Å². The third-order valence-corrected chi connectivity index (χ3v) is 4.38. The van der Waals surface area contributed by atoms with E-state index in [-0.39, 0.29) is 11.7 Å². The van der Waals surface area contributed by atoms with Crippen molar-refractivity contribution in [1.29, 1.82) is 0 Å². The maximum atomic E-state index is 12.6. The van der Waals surface area contributed by atoms with Crippen LogP contribution in [0.1, 0.15) is 32.9 Å². The van der Waals surface area contributed by atoms with Crippen molar-refractivity contribution in [2.75, 3.05) is 7.05 Å². The Morgan fingerprint density at radius 1 is 1.12 bits per heavy atom. The summed E-state index contributed by atoms with van der Waals surface area (Å²) in [4.78, 5) is 14.2. The standard InChI is InChI=1S/C21H23N3O2/c1-15-12-16(2)24(22-15)13-17-8-10-18(11-9-17)21(26)23(3)14-19-6-4-5-7-20(19)25/h4-12,25H,13-14H2,1-3H3. The van der Waals surface area contributed by atoms with Crippen molar-refractivity contribution in [2.24, 2.45) is 0 Å². The third kappa shape index (κ3) is 3.94. The molecule has 5 heteroatoms. The van der Waals surface area contributed by atoms with Crippen molar-refractivity contribution in [3.63, 3.8) is 0 Å². The number of amides is 1. The summed E-state index contributed by atoms with van der Waals surface area (Å²) < 4.78 is 1.95. The molecule has 1 amide bonds. The van der Waals surface area contributed by atoms with Crippen molar-refractivity contribution in [2.45, 2.75) is 26.9 Å². The quantitative estimate of drug-likeness (QED) is 0.767. The van der Waals surface area contributed by atoms with Gasteiger partial charge >= 0.3 is 0 Å². The molecule has 0 aliphatic carbocycles. The summed E-state index contributed by atoms with van der Waals surface area (Å²) >= 11 is 0. The maximum Gasteiger partial charge on any atom is 0.253 e. The van der Waals surface area contributed by atoms with Gasteiger partial charge in [-0.1, -0.05) is 30.3 Å². The fourth-order valence-electron chi connectivity index (χ4n) is 2.95. The van der Waals surface area contributed by atoms with E-state index >= 15 is 0 Å². The lowest BCUT2D eigenvalue weighted by Crippen LogP contribution is -2.26. The molecule has 0 bridgehead atoms.